The average molecular weight is 381 g/mol. The van der Waals surface area contributed by atoms with Gasteiger partial charge in [0.05, 0.1) is 16.3 Å². The molecule has 0 aliphatic heterocycles. The topological polar surface area (TPSA) is 108 Å². The lowest BCUT2D eigenvalue weighted by Gasteiger charge is -2.22. The van der Waals surface area contributed by atoms with E-state index in [1.54, 1.807) is 12.1 Å². The van der Waals surface area contributed by atoms with Crippen LogP contribution in [0, 0.1) is 16.0 Å². The van der Waals surface area contributed by atoms with Crippen LogP contribution >= 0.6 is 0 Å². The molecule has 1 fully saturated rings. The number of rotatable bonds is 6. The Bertz CT molecular complexity index is 868. The molecule has 0 unspecified atom stereocenters. The van der Waals surface area contributed by atoms with Gasteiger partial charge >= 0.3 is 0 Å². The highest BCUT2D eigenvalue weighted by Gasteiger charge is 2.22. The molecular formula is C21H23N3O4. The third-order valence-electron chi connectivity index (χ3n) is 5.30. The highest BCUT2D eigenvalue weighted by Crippen LogP contribution is 2.27. The summed E-state index contributed by atoms with van der Waals surface area (Å²) in [6.45, 7) is 0. The number of nitro groups is 1. The van der Waals surface area contributed by atoms with Gasteiger partial charge in [0.25, 0.3) is 5.69 Å². The number of non-ortho nitro benzene ring substituents is 1. The Morgan fingerprint density at radius 3 is 2.00 bits per heavy atom. The molecule has 7 heteroatoms. The zero-order valence-electron chi connectivity index (χ0n) is 15.5. The third-order valence-corrected chi connectivity index (χ3v) is 5.30. The first-order chi connectivity index (χ1) is 13.6. The summed E-state index contributed by atoms with van der Waals surface area (Å²) in [6.07, 6.45) is 5.75. The molecule has 3 rings (SSSR count). The first kappa shape index (κ1) is 19.5. The van der Waals surface area contributed by atoms with E-state index in [1.165, 1.54) is 18.6 Å². The maximum absolute atomic E-state index is 10.8. The minimum absolute atomic E-state index is 0.0496. The van der Waals surface area contributed by atoms with Gasteiger partial charge in [0.15, 0.2) is 0 Å². The van der Waals surface area contributed by atoms with Gasteiger partial charge < -0.3 is 10.4 Å². The molecule has 0 aromatic heterocycles. The molecule has 2 N–H and O–H groups in total. The van der Waals surface area contributed by atoms with Gasteiger partial charge in [-0.15, -0.1) is 0 Å². The molecule has 0 saturated heterocycles. The van der Waals surface area contributed by atoms with Crippen molar-refractivity contribution in [3.63, 3.8) is 0 Å². The van der Waals surface area contributed by atoms with Gasteiger partial charge in [-0.3, -0.25) is 10.1 Å². The van der Waals surface area contributed by atoms with Crippen molar-refractivity contribution in [3.8, 4) is 11.1 Å². The second kappa shape index (κ2) is 9.12. The van der Waals surface area contributed by atoms with Gasteiger partial charge in [-0.05, 0) is 41.7 Å². The van der Waals surface area contributed by atoms with E-state index in [4.69, 9.17) is 0 Å². The quantitative estimate of drug-likeness (QED) is 0.309. The maximum Gasteiger partial charge on any atom is 0.269 e. The third kappa shape index (κ3) is 4.54. The van der Waals surface area contributed by atoms with Crippen molar-refractivity contribution in [3.05, 3.63) is 64.2 Å². The molecule has 0 heterocycles. The molecule has 0 spiro atoms. The van der Waals surface area contributed by atoms with Crippen LogP contribution in [-0.2, 0) is 0 Å². The van der Waals surface area contributed by atoms with Crippen LogP contribution in [0.15, 0.2) is 58.8 Å². The molecule has 0 amide bonds. The summed E-state index contributed by atoms with van der Waals surface area (Å²) in [5, 5.41) is 36.6. The van der Waals surface area contributed by atoms with Crippen molar-refractivity contribution in [1.82, 2.24) is 0 Å². The van der Waals surface area contributed by atoms with Gasteiger partial charge in [-0.1, -0.05) is 53.8 Å². The lowest BCUT2D eigenvalue weighted by Crippen LogP contribution is -2.21. The number of nitro benzene ring substituents is 1. The van der Waals surface area contributed by atoms with E-state index >= 15 is 0 Å². The van der Waals surface area contributed by atoms with Crippen molar-refractivity contribution >= 4 is 17.1 Å². The Morgan fingerprint density at radius 1 is 0.929 bits per heavy atom. The van der Waals surface area contributed by atoms with E-state index < -0.39 is 4.92 Å². The fourth-order valence-corrected chi connectivity index (χ4v) is 3.69. The van der Waals surface area contributed by atoms with Crippen LogP contribution in [0.25, 0.3) is 11.1 Å². The van der Waals surface area contributed by atoms with Crippen LogP contribution < -0.4 is 0 Å². The number of nitrogens with zero attached hydrogens (tertiary/aromatic N) is 3. The largest absolute Gasteiger partial charge is 0.411 e. The van der Waals surface area contributed by atoms with Crippen LogP contribution in [0.1, 0.15) is 44.1 Å². The Kier molecular flexibility index (Phi) is 6.37. The molecule has 28 heavy (non-hydrogen) atoms. The summed E-state index contributed by atoms with van der Waals surface area (Å²) in [5.41, 5.74) is 3.66. The highest BCUT2D eigenvalue weighted by molar-refractivity contribution is 6.12. The normalized spacial score (nSPS) is 16.1. The second-order valence-electron chi connectivity index (χ2n) is 7.03. The SMILES string of the molecule is O=[N+]([O-])c1ccc(-c2ccc(C(CC(=NO)C3CCCCC3)=NO)cc2)cc1. The average Bonchev–Trinajstić information content (AvgIpc) is 2.75. The molecule has 146 valence electrons. The predicted octanol–water partition coefficient (Wildman–Crippen LogP) is 5.24. The van der Waals surface area contributed by atoms with Crippen LogP contribution in [-0.4, -0.2) is 26.8 Å². The maximum atomic E-state index is 10.8. The van der Waals surface area contributed by atoms with Crippen molar-refractivity contribution in [2.24, 2.45) is 16.2 Å². The van der Waals surface area contributed by atoms with E-state index in [9.17, 15) is 20.5 Å². The van der Waals surface area contributed by atoms with E-state index in [1.807, 2.05) is 24.3 Å². The summed E-state index contributed by atoms with van der Waals surface area (Å²) in [4.78, 5) is 10.3. The summed E-state index contributed by atoms with van der Waals surface area (Å²) in [7, 11) is 0. The minimum Gasteiger partial charge on any atom is -0.411 e. The molecule has 1 saturated carbocycles. The van der Waals surface area contributed by atoms with Gasteiger partial charge in [0.2, 0.25) is 0 Å². The molecule has 7 nitrogen and oxygen atoms in total. The first-order valence-electron chi connectivity index (χ1n) is 9.39. The molecule has 2 aromatic rings. The molecule has 0 bridgehead atoms. The van der Waals surface area contributed by atoms with Crippen LogP contribution in [0.4, 0.5) is 5.69 Å². The number of hydrogen-bond acceptors (Lipinski definition) is 6. The van der Waals surface area contributed by atoms with Crippen LogP contribution in [0.5, 0.6) is 0 Å². The van der Waals surface area contributed by atoms with Crippen LogP contribution in [0.2, 0.25) is 0 Å². The van der Waals surface area contributed by atoms with Crippen molar-refractivity contribution in [2.75, 3.05) is 0 Å². The van der Waals surface area contributed by atoms with E-state index in [0.29, 0.717) is 17.8 Å². The van der Waals surface area contributed by atoms with Crippen molar-refractivity contribution in [2.45, 2.75) is 38.5 Å². The van der Waals surface area contributed by atoms with Crippen molar-refractivity contribution in [1.29, 1.82) is 0 Å². The monoisotopic (exact) mass is 381 g/mol. The summed E-state index contributed by atoms with van der Waals surface area (Å²) < 4.78 is 0. The standard InChI is InChI=1S/C21H23N3O4/c25-22-20(17-4-2-1-3-5-17)14-21(23-26)18-8-6-15(7-9-18)16-10-12-19(13-11-16)24(27)28/h6-13,17,25-26H,1-5,14H2. The molecular weight excluding hydrogens is 358 g/mol. The zero-order valence-corrected chi connectivity index (χ0v) is 15.5. The smallest absolute Gasteiger partial charge is 0.269 e. The van der Waals surface area contributed by atoms with Gasteiger partial charge in [0, 0.05) is 24.5 Å². The van der Waals surface area contributed by atoms with Gasteiger partial charge in [-0.25, -0.2) is 0 Å². The molecule has 0 atom stereocenters. The second-order valence-corrected chi connectivity index (χ2v) is 7.03. The van der Waals surface area contributed by atoms with E-state index in [-0.39, 0.29) is 11.6 Å². The fourth-order valence-electron chi connectivity index (χ4n) is 3.69. The number of oxime groups is 2. The highest BCUT2D eigenvalue weighted by atomic mass is 16.6. The lowest BCUT2D eigenvalue weighted by atomic mass is 9.83. The zero-order chi connectivity index (χ0) is 19.9. The van der Waals surface area contributed by atoms with Gasteiger partial charge in [0.1, 0.15) is 0 Å². The Morgan fingerprint density at radius 2 is 1.50 bits per heavy atom. The molecule has 0 radical (unpaired) electrons. The molecule has 1 aliphatic carbocycles. The van der Waals surface area contributed by atoms with Crippen LogP contribution in [0.3, 0.4) is 0 Å². The summed E-state index contributed by atoms with van der Waals surface area (Å²) in [6, 6.07) is 13.8. The molecule has 1 aliphatic rings. The Balaban J connectivity index is 1.74. The fraction of sp³-hybridized carbons (Fsp3) is 0.333. The number of benzene rings is 2. The first-order valence-corrected chi connectivity index (χ1v) is 9.39. The number of hydrogen-bond donors (Lipinski definition) is 2. The summed E-state index contributed by atoms with van der Waals surface area (Å²) >= 11 is 0. The lowest BCUT2D eigenvalue weighted by molar-refractivity contribution is -0.384. The predicted molar refractivity (Wildman–Crippen MR) is 107 cm³/mol. The van der Waals surface area contributed by atoms with Gasteiger partial charge in [-0.2, -0.15) is 0 Å². The summed E-state index contributed by atoms with van der Waals surface area (Å²) in [5.74, 6) is 0.231. The minimum atomic E-state index is -0.427. The van der Waals surface area contributed by atoms with E-state index in [2.05, 4.69) is 10.3 Å². The Labute approximate surface area is 163 Å². The Hall–Kier alpha value is -3.22. The van der Waals surface area contributed by atoms with E-state index in [0.717, 1.165) is 42.4 Å². The van der Waals surface area contributed by atoms with Crippen molar-refractivity contribution < 1.29 is 15.3 Å². The molecule has 2 aromatic carbocycles.